The summed E-state index contributed by atoms with van der Waals surface area (Å²) in [5.74, 6) is 0.911. The Morgan fingerprint density at radius 1 is 1.19 bits per heavy atom. The Bertz CT molecular complexity index is 1010. The molecule has 0 aliphatic carbocycles. The molecular weight excluding hydrogens is 366 g/mol. The second kappa shape index (κ2) is 7.67. The van der Waals surface area contributed by atoms with E-state index < -0.39 is 5.97 Å². The minimum absolute atomic E-state index is 0.219. The monoisotopic (exact) mass is 383 g/mol. The van der Waals surface area contributed by atoms with Gasteiger partial charge in [-0.1, -0.05) is 23.4 Å². The molecule has 0 unspecified atom stereocenters. The average Bonchev–Trinajstić information content (AvgIpc) is 3.32. The van der Waals surface area contributed by atoms with Crippen LogP contribution in [0.5, 0.6) is 11.5 Å². The third-order valence-corrected chi connectivity index (χ3v) is 5.14. The molecule has 7 heteroatoms. The standard InChI is InChI=1S/C20H17NO5S/c1-13(14-6-7-17-18(8-14)25-12-24-17)21-26-10-20(22)23-9-15-11-27-19-5-3-2-4-16(15)19/h2-8,11H,9-10,12H2,1H3/b21-13-. The van der Waals surface area contributed by atoms with Gasteiger partial charge in [-0.05, 0) is 42.0 Å². The zero-order valence-corrected chi connectivity index (χ0v) is 15.5. The van der Waals surface area contributed by atoms with Crippen molar-refractivity contribution in [2.24, 2.45) is 5.16 Å². The van der Waals surface area contributed by atoms with Gasteiger partial charge in [0.05, 0.1) is 5.71 Å². The molecular formula is C20H17NO5S. The summed E-state index contributed by atoms with van der Waals surface area (Å²) in [6.45, 7) is 1.98. The fourth-order valence-electron chi connectivity index (χ4n) is 2.70. The van der Waals surface area contributed by atoms with Crippen LogP contribution in [0.1, 0.15) is 18.1 Å². The number of thiophene rings is 1. The van der Waals surface area contributed by atoms with E-state index in [-0.39, 0.29) is 20.0 Å². The van der Waals surface area contributed by atoms with Crippen molar-refractivity contribution >= 4 is 33.1 Å². The molecule has 1 aliphatic rings. The van der Waals surface area contributed by atoms with Crippen molar-refractivity contribution in [2.75, 3.05) is 13.4 Å². The lowest BCUT2D eigenvalue weighted by molar-refractivity contribution is -0.150. The number of carbonyl (C=O) groups is 1. The average molecular weight is 383 g/mol. The molecule has 0 saturated heterocycles. The minimum atomic E-state index is -0.465. The Kier molecular flexibility index (Phi) is 4.93. The second-order valence-corrected chi connectivity index (χ2v) is 6.85. The maximum atomic E-state index is 11.9. The molecule has 0 radical (unpaired) electrons. The van der Waals surface area contributed by atoms with Gasteiger partial charge < -0.3 is 19.0 Å². The predicted octanol–water partition coefficient (Wildman–Crippen LogP) is 4.11. The summed E-state index contributed by atoms with van der Waals surface area (Å²) in [6, 6.07) is 13.5. The van der Waals surface area contributed by atoms with Crippen molar-refractivity contribution < 1.29 is 23.8 Å². The van der Waals surface area contributed by atoms with Crippen molar-refractivity contribution in [3.63, 3.8) is 0 Å². The molecule has 2 aromatic carbocycles. The van der Waals surface area contributed by atoms with Gasteiger partial charge in [0.2, 0.25) is 13.4 Å². The Morgan fingerprint density at radius 2 is 2.04 bits per heavy atom. The number of rotatable bonds is 6. The van der Waals surface area contributed by atoms with Crippen LogP contribution in [0.15, 0.2) is 53.0 Å². The van der Waals surface area contributed by atoms with Crippen LogP contribution in [0.4, 0.5) is 0 Å². The molecule has 6 nitrogen and oxygen atoms in total. The zero-order valence-electron chi connectivity index (χ0n) is 14.6. The molecule has 2 heterocycles. The third-order valence-electron chi connectivity index (χ3n) is 4.12. The molecule has 1 aliphatic heterocycles. The highest BCUT2D eigenvalue weighted by molar-refractivity contribution is 7.17. The summed E-state index contributed by atoms with van der Waals surface area (Å²) in [4.78, 5) is 17.0. The van der Waals surface area contributed by atoms with E-state index in [4.69, 9.17) is 19.0 Å². The van der Waals surface area contributed by atoms with E-state index >= 15 is 0 Å². The smallest absolute Gasteiger partial charge is 0.347 e. The normalized spacial score (nSPS) is 13.0. The molecule has 0 spiro atoms. The number of fused-ring (bicyclic) bond motifs is 2. The van der Waals surface area contributed by atoms with E-state index in [0.717, 1.165) is 16.5 Å². The van der Waals surface area contributed by atoms with Crippen LogP contribution >= 0.6 is 11.3 Å². The van der Waals surface area contributed by atoms with E-state index in [1.54, 1.807) is 18.3 Å². The summed E-state index contributed by atoms with van der Waals surface area (Å²) in [7, 11) is 0. The van der Waals surface area contributed by atoms with Gasteiger partial charge in [0.25, 0.3) is 0 Å². The first-order chi connectivity index (χ1) is 13.2. The maximum absolute atomic E-state index is 11.9. The number of hydrogen-bond donors (Lipinski definition) is 0. The van der Waals surface area contributed by atoms with Crippen LogP contribution in [0.2, 0.25) is 0 Å². The fraction of sp³-hybridized carbons (Fsp3) is 0.200. The number of esters is 1. The van der Waals surface area contributed by atoms with Gasteiger partial charge in [-0.2, -0.15) is 0 Å². The first-order valence-electron chi connectivity index (χ1n) is 8.38. The minimum Gasteiger partial charge on any atom is -0.458 e. The van der Waals surface area contributed by atoms with Crippen LogP contribution < -0.4 is 9.47 Å². The van der Waals surface area contributed by atoms with Crippen LogP contribution in [-0.2, 0) is 21.0 Å². The zero-order chi connectivity index (χ0) is 18.6. The van der Waals surface area contributed by atoms with Crippen LogP contribution in [-0.4, -0.2) is 25.1 Å². The number of oxime groups is 1. The topological polar surface area (TPSA) is 66.4 Å². The molecule has 4 rings (SSSR count). The van der Waals surface area contributed by atoms with Gasteiger partial charge in [-0.3, -0.25) is 0 Å². The highest BCUT2D eigenvalue weighted by atomic mass is 32.1. The van der Waals surface area contributed by atoms with E-state index in [2.05, 4.69) is 5.16 Å². The number of hydrogen-bond acceptors (Lipinski definition) is 7. The molecule has 0 saturated carbocycles. The summed E-state index contributed by atoms with van der Waals surface area (Å²) in [6.07, 6.45) is 0. The van der Waals surface area contributed by atoms with Gasteiger partial charge >= 0.3 is 5.97 Å². The van der Waals surface area contributed by atoms with Gasteiger partial charge in [-0.15, -0.1) is 11.3 Å². The van der Waals surface area contributed by atoms with E-state index in [1.165, 1.54) is 4.70 Å². The summed E-state index contributed by atoms with van der Waals surface area (Å²) in [5.41, 5.74) is 2.45. The quantitative estimate of drug-likeness (QED) is 0.364. The number of carbonyl (C=O) groups excluding carboxylic acids is 1. The summed E-state index contributed by atoms with van der Waals surface area (Å²) < 4.78 is 17.1. The van der Waals surface area contributed by atoms with Crippen molar-refractivity contribution in [2.45, 2.75) is 13.5 Å². The molecule has 27 heavy (non-hydrogen) atoms. The Morgan fingerprint density at radius 3 is 2.96 bits per heavy atom. The third kappa shape index (κ3) is 3.88. The van der Waals surface area contributed by atoms with Crippen LogP contribution in [0.25, 0.3) is 10.1 Å². The molecule has 0 atom stereocenters. The van der Waals surface area contributed by atoms with Gasteiger partial charge in [-0.25, -0.2) is 4.79 Å². The summed E-state index contributed by atoms with van der Waals surface area (Å²) >= 11 is 1.63. The van der Waals surface area contributed by atoms with Gasteiger partial charge in [0.1, 0.15) is 6.61 Å². The predicted molar refractivity (Wildman–Crippen MR) is 102 cm³/mol. The lowest BCUT2D eigenvalue weighted by Gasteiger charge is -2.05. The highest BCUT2D eigenvalue weighted by Crippen LogP contribution is 2.32. The molecule has 3 aromatic rings. The Balaban J connectivity index is 1.29. The molecule has 0 amide bonds. The van der Waals surface area contributed by atoms with E-state index in [9.17, 15) is 4.79 Å². The maximum Gasteiger partial charge on any atom is 0.347 e. The Labute approximate surface area is 159 Å². The van der Waals surface area contributed by atoms with Gasteiger partial charge in [0.15, 0.2) is 11.5 Å². The molecule has 0 N–H and O–H groups in total. The van der Waals surface area contributed by atoms with Crippen molar-refractivity contribution in [1.82, 2.24) is 0 Å². The van der Waals surface area contributed by atoms with Crippen molar-refractivity contribution in [1.29, 1.82) is 0 Å². The van der Waals surface area contributed by atoms with Crippen LogP contribution in [0, 0.1) is 0 Å². The first kappa shape index (κ1) is 17.4. The highest BCUT2D eigenvalue weighted by Gasteiger charge is 2.14. The van der Waals surface area contributed by atoms with E-state index in [0.29, 0.717) is 17.2 Å². The molecule has 0 fully saturated rings. The largest absolute Gasteiger partial charge is 0.458 e. The molecule has 1 aromatic heterocycles. The lowest BCUT2D eigenvalue weighted by Crippen LogP contribution is -2.11. The van der Waals surface area contributed by atoms with E-state index in [1.807, 2.05) is 47.8 Å². The fourth-order valence-corrected chi connectivity index (χ4v) is 3.65. The second-order valence-electron chi connectivity index (χ2n) is 5.94. The molecule has 0 bridgehead atoms. The van der Waals surface area contributed by atoms with Crippen LogP contribution in [0.3, 0.4) is 0 Å². The van der Waals surface area contributed by atoms with Crippen molar-refractivity contribution in [3.8, 4) is 11.5 Å². The lowest BCUT2D eigenvalue weighted by atomic mass is 10.1. The van der Waals surface area contributed by atoms with Gasteiger partial charge in [0, 0.05) is 15.8 Å². The SMILES string of the molecule is C/C(=N/OCC(=O)OCc1csc2ccccc12)c1ccc2c(c1)OCO2. The first-order valence-corrected chi connectivity index (χ1v) is 9.26. The number of ether oxygens (including phenoxy) is 3. The number of benzene rings is 2. The number of nitrogens with zero attached hydrogens (tertiary/aromatic N) is 1. The van der Waals surface area contributed by atoms with Crippen molar-refractivity contribution in [3.05, 3.63) is 59.0 Å². The molecule has 138 valence electrons. The summed E-state index contributed by atoms with van der Waals surface area (Å²) in [5, 5.41) is 7.08. The Hall–Kier alpha value is -3.06.